The molecule has 0 saturated heterocycles. The molecule has 0 radical (unpaired) electrons. The number of hydrogen-bond donors (Lipinski definition) is 0. The van der Waals surface area contributed by atoms with E-state index in [0.29, 0.717) is 0 Å². The summed E-state index contributed by atoms with van der Waals surface area (Å²) in [6.45, 7) is 5.51. The number of hydrogen-bond acceptors (Lipinski definition) is 3. The molecule has 0 rings (SSSR count). The molecule has 0 fully saturated rings. The minimum atomic E-state index is -0.539. The van der Waals surface area contributed by atoms with Crippen molar-refractivity contribution in [3.05, 3.63) is 12.7 Å². The van der Waals surface area contributed by atoms with Crippen LogP contribution >= 0.6 is 0 Å². The van der Waals surface area contributed by atoms with E-state index in [9.17, 15) is 4.79 Å². The molecule has 76 valence electrons. The number of carbonyl (C=O) groups is 1. The van der Waals surface area contributed by atoms with Crippen molar-refractivity contribution >= 4 is 5.97 Å². The second kappa shape index (κ2) is 5.02. The fraction of sp³-hybridized carbons (Fsp3) is 0.700. The molecule has 0 amide bonds. The Labute approximate surface area is 80.4 Å². The molecule has 0 aliphatic rings. The first-order valence-electron chi connectivity index (χ1n) is 4.35. The molecule has 0 spiro atoms. The Morgan fingerprint density at radius 3 is 2.46 bits per heavy atom. The number of carbonyl (C=O) groups excluding carboxylic acids is 1. The normalized spacial score (nSPS) is 15.2. The Morgan fingerprint density at radius 2 is 2.15 bits per heavy atom. The first kappa shape index (κ1) is 12.2. The fourth-order valence-corrected chi connectivity index (χ4v) is 1.11. The maximum absolute atomic E-state index is 11.5. The summed E-state index contributed by atoms with van der Waals surface area (Å²) >= 11 is 0. The van der Waals surface area contributed by atoms with E-state index in [0.717, 1.165) is 12.8 Å². The molecule has 0 aromatic heterocycles. The summed E-state index contributed by atoms with van der Waals surface area (Å²) in [5.74, 6) is -0.195. The van der Waals surface area contributed by atoms with E-state index in [2.05, 4.69) is 6.58 Å². The van der Waals surface area contributed by atoms with E-state index in [1.807, 2.05) is 32.0 Å². The van der Waals surface area contributed by atoms with E-state index in [4.69, 9.17) is 4.74 Å². The zero-order chi connectivity index (χ0) is 10.5. The van der Waals surface area contributed by atoms with Crippen molar-refractivity contribution in [2.75, 3.05) is 21.2 Å². The number of esters is 1. The van der Waals surface area contributed by atoms with Crippen LogP contribution in [-0.4, -0.2) is 37.6 Å². The van der Waals surface area contributed by atoms with Crippen molar-refractivity contribution in [1.82, 2.24) is 4.90 Å². The second-order valence-electron chi connectivity index (χ2n) is 3.49. The predicted octanol–water partition coefficient (Wildman–Crippen LogP) is 1.45. The van der Waals surface area contributed by atoms with Crippen LogP contribution in [0.3, 0.4) is 0 Å². The van der Waals surface area contributed by atoms with Crippen molar-refractivity contribution in [3.63, 3.8) is 0 Å². The molecule has 3 heteroatoms. The van der Waals surface area contributed by atoms with Crippen LogP contribution in [0.4, 0.5) is 0 Å². The van der Waals surface area contributed by atoms with E-state index in [1.54, 1.807) is 0 Å². The van der Waals surface area contributed by atoms with Gasteiger partial charge in [0.05, 0.1) is 7.11 Å². The SMILES string of the molecule is C=CCC[C@](C)(C(=O)OC)N(C)C. The quantitative estimate of drug-likeness (QED) is 0.479. The Bertz CT molecular complexity index is 189. The zero-order valence-electron chi connectivity index (χ0n) is 8.96. The standard InChI is InChI=1S/C10H19NO2/c1-6-7-8-10(2,11(3)4)9(12)13-5/h6H,1,7-8H2,2-5H3/t10-/m1/s1. The van der Waals surface area contributed by atoms with E-state index in [1.165, 1.54) is 7.11 Å². The van der Waals surface area contributed by atoms with Crippen molar-refractivity contribution in [1.29, 1.82) is 0 Å². The van der Waals surface area contributed by atoms with Crippen LogP contribution in [0.2, 0.25) is 0 Å². The van der Waals surface area contributed by atoms with E-state index in [-0.39, 0.29) is 5.97 Å². The number of allylic oxidation sites excluding steroid dienone is 1. The summed E-state index contributed by atoms with van der Waals surface area (Å²) in [6, 6.07) is 0. The largest absolute Gasteiger partial charge is 0.468 e. The number of ether oxygens (including phenoxy) is 1. The van der Waals surface area contributed by atoms with Crippen LogP contribution in [0.1, 0.15) is 19.8 Å². The van der Waals surface area contributed by atoms with Crippen LogP contribution in [0.25, 0.3) is 0 Å². The molecule has 0 saturated carbocycles. The maximum Gasteiger partial charge on any atom is 0.325 e. The lowest BCUT2D eigenvalue weighted by Crippen LogP contribution is -2.49. The van der Waals surface area contributed by atoms with Crippen LogP contribution in [0.15, 0.2) is 12.7 Å². The van der Waals surface area contributed by atoms with Gasteiger partial charge in [-0.25, -0.2) is 0 Å². The van der Waals surface area contributed by atoms with Crippen molar-refractivity contribution in [2.45, 2.75) is 25.3 Å². The Morgan fingerprint density at radius 1 is 1.62 bits per heavy atom. The molecule has 1 atom stereocenters. The Hall–Kier alpha value is -0.830. The van der Waals surface area contributed by atoms with Gasteiger partial charge in [-0.15, -0.1) is 6.58 Å². The molecule has 0 bridgehead atoms. The number of nitrogens with zero attached hydrogens (tertiary/aromatic N) is 1. The van der Waals surface area contributed by atoms with Crippen LogP contribution in [-0.2, 0) is 9.53 Å². The van der Waals surface area contributed by atoms with Crippen LogP contribution in [0, 0.1) is 0 Å². The van der Waals surface area contributed by atoms with Gasteiger partial charge in [0, 0.05) is 0 Å². The van der Waals surface area contributed by atoms with Gasteiger partial charge >= 0.3 is 5.97 Å². The minimum absolute atomic E-state index is 0.195. The van der Waals surface area contributed by atoms with Gasteiger partial charge in [0.15, 0.2) is 0 Å². The molecule has 0 heterocycles. The molecular weight excluding hydrogens is 166 g/mol. The van der Waals surface area contributed by atoms with E-state index >= 15 is 0 Å². The van der Waals surface area contributed by atoms with Crippen molar-refractivity contribution in [3.8, 4) is 0 Å². The average molecular weight is 185 g/mol. The highest BCUT2D eigenvalue weighted by Gasteiger charge is 2.35. The average Bonchev–Trinajstić information content (AvgIpc) is 2.12. The third kappa shape index (κ3) is 2.84. The van der Waals surface area contributed by atoms with Gasteiger partial charge in [-0.1, -0.05) is 6.08 Å². The third-order valence-electron chi connectivity index (χ3n) is 2.45. The monoisotopic (exact) mass is 185 g/mol. The van der Waals surface area contributed by atoms with E-state index < -0.39 is 5.54 Å². The molecule has 3 nitrogen and oxygen atoms in total. The van der Waals surface area contributed by atoms with Crippen LogP contribution < -0.4 is 0 Å². The summed E-state index contributed by atoms with van der Waals surface area (Å²) in [7, 11) is 5.16. The second-order valence-corrected chi connectivity index (χ2v) is 3.49. The lowest BCUT2D eigenvalue weighted by atomic mass is 9.94. The molecule has 0 unspecified atom stereocenters. The molecule has 0 aromatic rings. The molecular formula is C10H19NO2. The minimum Gasteiger partial charge on any atom is -0.468 e. The Kier molecular flexibility index (Phi) is 4.70. The van der Waals surface area contributed by atoms with Crippen LogP contribution in [0.5, 0.6) is 0 Å². The summed E-state index contributed by atoms with van der Waals surface area (Å²) in [5.41, 5.74) is -0.539. The summed E-state index contributed by atoms with van der Waals surface area (Å²) in [5, 5.41) is 0. The first-order chi connectivity index (χ1) is 5.99. The summed E-state index contributed by atoms with van der Waals surface area (Å²) < 4.78 is 4.76. The Balaban J connectivity index is 4.51. The van der Waals surface area contributed by atoms with Gasteiger partial charge in [0.25, 0.3) is 0 Å². The lowest BCUT2D eigenvalue weighted by Gasteiger charge is -2.33. The highest BCUT2D eigenvalue weighted by Crippen LogP contribution is 2.20. The molecule has 0 aliphatic carbocycles. The van der Waals surface area contributed by atoms with Crippen molar-refractivity contribution < 1.29 is 9.53 Å². The predicted molar refractivity (Wildman–Crippen MR) is 53.5 cm³/mol. The number of rotatable bonds is 5. The summed E-state index contributed by atoms with van der Waals surface area (Å²) in [6.07, 6.45) is 3.35. The fourth-order valence-electron chi connectivity index (χ4n) is 1.11. The maximum atomic E-state index is 11.5. The van der Waals surface area contributed by atoms with Gasteiger partial charge in [0.2, 0.25) is 0 Å². The topological polar surface area (TPSA) is 29.5 Å². The summed E-state index contributed by atoms with van der Waals surface area (Å²) in [4.78, 5) is 13.4. The number of methoxy groups -OCH3 is 1. The highest BCUT2D eigenvalue weighted by molar-refractivity contribution is 5.80. The molecule has 13 heavy (non-hydrogen) atoms. The van der Waals surface area contributed by atoms with Gasteiger partial charge in [0.1, 0.15) is 5.54 Å². The van der Waals surface area contributed by atoms with Gasteiger partial charge in [-0.3, -0.25) is 9.69 Å². The zero-order valence-corrected chi connectivity index (χ0v) is 8.96. The third-order valence-corrected chi connectivity index (χ3v) is 2.45. The van der Waals surface area contributed by atoms with Crippen molar-refractivity contribution in [2.24, 2.45) is 0 Å². The lowest BCUT2D eigenvalue weighted by molar-refractivity contribution is -0.153. The molecule has 0 aliphatic heterocycles. The highest BCUT2D eigenvalue weighted by atomic mass is 16.5. The van der Waals surface area contributed by atoms with Gasteiger partial charge in [-0.05, 0) is 33.9 Å². The first-order valence-corrected chi connectivity index (χ1v) is 4.35. The molecule has 0 aromatic carbocycles. The van der Waals surface area contributed by atoms with Gasteiger partial charge in [-0.2, -0.15) is 0 Å². The number of likely N-dealkylation sites (N-methyl/N-ethyl adjacent to an activating group) is 1. The molecule has 0 N–H and O–H groups in total. The van der Waals surface area contributed by atoms with Gasteiger partial charge < -0.3 is 4.74 Å². The smallest absolute Gasteiger partial charge is 0.325 e.